The van der Waals surface area contributed by atoms with Crippen LogP contribution < -0.4 is 11.1 Å². The molecule has 26 heavy (non-hydrogen) atoms. The minimum atomic E-state index is -0.539. The predicted molar refractivity (Wildman–Crippen MR) is 101 cm³/mol. The van der Waals surface area contributed by atoms with Gasteiger partial charge in [0.1, 0.15) is 17.8 Å². The summed E-state index contributed by atoms with van der Waals surface area (Å²) in [5, 5.41) is 3.85. The van der Waals surface area contributed by atoms with Gasteiger partial charge in [0.25, 0.3) is 0 Å². The average molecular weight is 353 g/mol. The molecule has 0 atom stereocenters. The number of rotatable bonds is 6. The molecule has 3 aromatic heterocycles. The summed E-state index contributed by atoms with van der Waals surface area (Å²) in [7, 11) is 0. The number of nitrogens with one attached hydrogen (secondary N) is 2. The first kappa shape index (κ1) is 17.5. The Morgan fingerprint density at radius 1 is 1.35 bits per heavy atom. The molecule has 0 unspecified atom stereocenters. The number of fused-ring (bicyclic) bond motifs is 1. The highest BCUT2D eigenvalue weighted by atomic mass is 19.1. The van der Waals surface area contributed by atoms with E-state index in [4.69, 9.17) is 5.73 Å². The molecule has 3 rings (SSSR count). The molecule has 3 heterocycles. The van der Waals surface area contributed by atoms with Crippen molar-refractivity contribution in [3.63, 3.8) is 0 Å². The molecule has 0 aromatic carbocycles. The normalized spacial score (nSPS) is 12.2. The van der Waals surface area contributed by atoms with Crippen LogP contribution in [0.4, 0.5) is 10.2 Å². The highest BCUT2D eigenvalue weighted by Gasteiger charge is 2.12. The van der Waals surface area contributed by atoms with Crippen LogP contribution in [0.3, 0.4) is 0 Å². The molecule has 0 saturated carbocycles. The van der Waals surface area contributed by atoms with Crippen molar-refractivity contribution in [3.05, 3.63) is 59.3 Å². The van der Waals surface area contributed by atoms with Gasteiger partial charge in [0.15, 0.2) is 0 Å². The number of hydrogen-bond donors (Lipinski definition) is 3. The number of aromatic amines is 1. The summed E-state index contributed by atoms with van der Waals surface area (Å²) in [6.07, 6.45) is 6.67. The van der Waals surface area contributed by atoms with Crippen molar-refractivity contribution in [1.29, 1.82) is 0 Å². The van der Waals surface area contributed by atoms with Gasteiger partial charge in [0.2, 0.25) is 5.95 Å². The fourth-order valence-electron chi connectivity index (χ4n) is 2.66. The number of halogens is 1. The Hall–Kier alpha value is -3.29. The number of aliphatic imine (C=N–C) groups is 1. The summed E-state index contributed by atoms with van der Waals surface area (Å²) >= 11 is 0. The zero-order chi connectivity index (χ0) is 18.5. The number of nitrogens with two attached hydrogens (primary N) is 1. The second kappa shape index (κ2) is 7.73. The minimum Gasteiger partial charge on any atom is -0.403 e. The summed E-state index contributed by atoms with van der Waals surface area (Å²) in [6, 6.07) is 3.41. The van der Waals surface area contributed by atoms with Gasteiger partial charge in [-0.15, -0.1) is 0 Å². The van der Waals surface area contributed by atoms with Crippen LogP contribution in [0.1, 0.15) is 23.7 Å². The second-order valence-corrected chi connectivity index (χ2v) is 5.69. The summed E-state index contributed by atoms with van der Waals surface area (Å²) in [5.74, 6) is -0.174. The van der Waals surface area contributed by atoms with E-state index in [2.05, 4.69) is 30.2 Å². The van der Waals surface area contributed by atoms with Crippen molar-refractivity contribution in [3.8, 4) is 0 Å². The molecule has 0 saturated heterocycles. The summed E-state index contributed by atoms with van der Waals surface area (Å²) < 4.78 is 14.5. The van der Waals surface area contributed by atoms with Crippen LogP contribution >= 0.6 is 0 Å². The first-order valence-corrected chi connectivity index (χ1v) is 8.24. The van der Waals surface area contributed by atoms with E-state index in [0.717, 1.165) is 22.3 Å². The van der Waals surface area contributed by atoms with Crippen LogP contribution in [0.25, 0.3) is 11.0 Å². The van der Waals surface area contributed by atoms with Crippen LogP contribution in [0.2, 0.25) is 0 Å². The SMILES string of the molecule is CCN=CC(=CN)Nc1ccc(Cc2c[nH]c3ncnc(C)c23)c(F)n1. The number of pyridine rings is 1. The Morgan fingerprint density at radius 3 is 2.92 bits per heavy atom. The number of H-pyrrole nitrogens is 1. The zero-order valence-corrected chi connectivity index (χ0v) is 14.6. The molecule has 0 amide bonds. The zero-order valence-electron chi connectivity index (χ0n) is 14.6. The summed E-state index contributed by atoms with van der Waals surface area (Å²) in [5.41, 5.74) is 9.10. The molecule has 0 aliphatic carbocycles. The number of aromatic nitrogens is 4. The van der Waals surface area contributed by atoms with Gasteiger partial charge in [-0.05, 0) is 25.5 Å². The molecule has 4 N–H and O–H groups in total. The highest BCUT2D eigenvalue weighted by molar-refractivity contribution is 5.83. The van der Waals surface area contributed by atoms with Gasteiger partial charge in [-0.1, -0.05) is 6.07 Å². The van der Waals surface area contributed by atoms with Crippen LogP contribution in [0.15, 0.2) is 41.5 Å². The van der Waals surface area contributed by atoms with E-state index in [1.807, 2.05) is 20.0 Å². The maximum absolute atomic E-state index is 14.5. The molecule has 0 fully saturated rings. The van der Waals surface area contributed by atoms with Crippen molar-refractivity contribution in [2.24, 2.45) is 10.7 Å². The van der Waals surface area contributed by atoms with Gasteiger partial charge in [-0.2, -0.15) is 4.39 Å². The monoisotopic (exact) mass is 353 g/mol. The standard InChI is InChI=1S/C18H20FN7/c1-3-21-9-14(7-20)25-15-5-4-12(17(19)26-15)6-13-8-22-18-16(13)11(2)23-10-24-18/h4-5,7-10H,3,6,20H2,1-2H3,(H,25,26)(H,22,23,24). The summed E-state index contributed by atoms with van der Waals surface area (Å²) in [4.78, 5) is 19.6. The Morgan fingerprint density at radius 2 is 2.19 bits per heavy atom. The fourth-order valence-corrected chi connectivity index (χ4v) is 2.66. The number of aryl methyl sites for hydroxylation is 1. The van der Waals surface area contributed by atoms with Crippen LogP contribution in [0, 0.1) is 12.9 Å². The maximum Gasteiger partial charge on any atom is 0.218 e. The van der Waals surface area contributed by atoms with E-state index < -0.39 is 5.95 Å². The van der Waals surface area contributed by atoms with E-state index in [-0.39, 0.29) is 0 Å². The first-order valence-electron chi connectivity index (χ1n) is 8.24. The second-order valence-electron chi connectivity index (χ2n) is 5.69. The Kier molecular flexibility index (Phi) is 5.21. The van der Waals surface area contributed by atoms with Crippen molar-refractivity contribution in [2.45, 2.75) is 20.3 Å². The smallest absolute Gasteiger partial charge is 0.218 e. The molecule has 0 spiro atoms. The lowest BCUT2D eigenvalue weighted by molar-refractivity contribution is 0.572. The van der Waals surface area contributed by atoms with E-state index in [1.165, 1.54) is 12.5 Å². The third-order valence-electron chi connectivity index (χ3n) is 3.91. The predicted octanol–water partition coefficient (Wildman–Crippen LogP) is 2.69. The average Bonchev–Trinajstić information content (AvgIpc) is 3.05. The molecule has 3 aromatic rings. The van der Waals surface area contributed by atoms with Gasteiger partial charge in [0, 0.05) is 42.5 Å². The lowest BCUT2D eigenvalue weighted by Gasteiger charge is -2.08. The molecule has 8 heteroatoms. The summed E-state index contributed by atoms with van der Waals surface area (Å²) in [6.45, 7) is 4.45. The van der Waals surface area contributed by atoms with Crippen molar-refractivity contribution < 1.29 is 4.39 Å². The molecule has 134 valence electrons. The van der Waals surface area contributed by atoms with Gasteiger partial charge in [-0.25, -0.2) is 15.0 Å². The largest absolute Gasteiger partial charge is 0.403 e. The van der Waals surface area contributed by atoms with Crippen molar-refractivity contribution >= 4 is 23.1 Å². The van der Waals surface area contributed by atoms with Crippen molar-refractivity contribution in [1.82, 2.24) is 19.9 Å². The van der Waals surface area contributed by atoms with Crippen LogP contribution in [-0.2, 0) is 6.42 Å². The van der Waals surface area contributed by atoms with E-state index >= 15 is 0 Å². The number of anilines is 1. The number of allylic oxidation sites excluding steroid dienone is 1. The van der Waals surface area contributed by atoms with Gasteiger partial charge < -0.3 is 16.0 Å². The number of hydrogen-bond acceptors (Lipinski definition) is 6. The molecular weight excluding hydrogens is 333 g/mol. The van der Waals surface area contributed by atoms with Crippen LogP contribution in [-0.4, -0.2) is 32.7 Å². The van der Waals surface area contributed by atoms with E-state index in [9.17, 15) is 4.39 Å². The lowest BCUT2D eigenvalue weighted by Crippen LogP contribution is -2.07. The minimum absolute atomic E-state index is 0.365. The lowest BCUT2D eigenvalue weighted by atomic mass is 10.1. The third-order valence-corrected chi connectivity index (χ3v) is 3.91. The van der Waals surface area contributed by atoms with Gasteiger partial charge in [0.05, 0.1) is 11.4 Å². The number of nitrogens with zero attached hydrogens (tertiary/aromatic N) is 4. The van der Waals surface area contributed by atoms with E-state index in [0.29, 0.717) is 30.0 Å². The maximum atomic E-state index is 14.5. The van der Waals surface area contributed by atoms with Crippen molar-refractivity contribution in [2.75, 3.05) is 11.9 Å². The quantitative estimate of drug-likeness (QED) is 0.467. The topological polar surface area (TPSA) is 105 Å². The first-order chi connectivity index (χ1) is 12.6. The molecule has 0 radical (unpaired) electrons. The molecule has 0 aliphatic rings. The molecule has 0 bridgehead atoms. The van der Waals surface area contributed by atoms with Crippen LogP contribution in [0.5, 0.6) is 0 Å². The fraction of sp³-hybridized carbons (Fsp3) is 0.222. The molecular formula is C18H20FN7. The Balaban J connectivity index is 1.83. The molecule has 0 aliphatic heterocycles. The van der Waals surface area contributed by atoms with Gasteiger partial charge >= 0.3 is 0 Å². The third kappa shape index (κ3) is 3.69. The Bertz CT molecular complexity index is 975. The highest BCUT2D eigenvalue weighted by Crippen LogP contribution is 2.23. The van der Waals surface area contributed by atoms with E-state index in [1.54, 1.807) is 18.3 Å². The Labute approximate surface area is 150 Å². The molecule has 7 nitrogen and oxygen atoms in total. The van der Waals surface area contributed by atoms with Gasteiger partial charge in [-0.3, -0.25) is 4.99 Å².